The molecule has 0 aromatic heterocycles. The molecule has 3 heteroatoms. The second kappa shape index (κ2) is 7.77. The first kappa shape index (κ1) is 16.3. The summed E-state index contributed by atoms with van der Waals surface area (Å²) in [5, 5.41) is 0. The normalized spacial score (nSPS) is 36.0. The molecule has 0 heterocycles. The molecule has 0 aliphatic heterocycles. The third-order valence-electron chi connectivity index (χ3n) is 5.63. The fraction of sp³-hybridized carbons (Fsp3) is 1.00. The van der Waals surface area contributed by atoms with Crippen molar-refractivity contribution in [2.45, 2.75) is 71.0 Å². The van der Waals surface area contributed by atoms with Crippen LogP contribution < -0.4 is 11.5 Å². The number of rotatable bonds is 8. The van der Waals surface area contributed by atoms with E-state index in [2.05, 4.69) is 13.8 Å². The molecule has 0 aromatic carbocycles. The SMILES string of the molecule is CC(CCN)CC1CCC2C(OC(C)CCN)CCC12. The van der Waals surface area contributed by atoms with Gasteiger partial charge in [-0.2, -0.15) is 0 Å². The number of ether oxygens (including phenoxy) is 1. The molecule has 6 atom stereocenters. The standard InChI is InChI=1S/C17H34N2O/c1-12(7-9-18)11-14-3-4-16-15(14)5-6-17(16)20-13(2)8-10-19/h12-17H,3-11,18-19H2,1-2H3. The lowest BCUT2D eigenvalue weighted by Gasteiger charge is -2.25. The Morgan fingerprint density at radius 2 is 1.65 bits per heavy atom. The molecule has 20 heavy (non-hydrogen) atoms. The summed E-state index contributed by atoms with van der Waals surface area (Å²) in [4.78, 5) is 0. The largest absolute Gasteiger partial charge is 0.375 e. The first-order valence-corrected chi connectivity index (χ1v) is 8.71. The highest BCUT2D eigenvalue weighted by Crippen LogP contribution is 2.51. The summed E-state index contributed by atoms with van der Waals surface area (Å²) >= 11 is 0. The Morgan fingerprint density at radius 1 is 0.950 bits per heavy atom. The number of hydrogen-bond acceptors (Lipinski definition) is 3. The van der Waals surface area contributed by atoms with Crippen molar-refractivity contribution in [1.29, 1.82) is 0 Å². The fourth-order valence-corrected chi connectivity index (χ4v) is 4.65. The summed E-state index contributed by atoms with van der Waals surface area (Å²) in [5.74, 6) is 3.47. The fourth-order valence-electron chi connectivity index (χ4n) is 4.65. The summed E-state index contributed by atoms with van der Waals surface area (Å²) < 4.78 is 6.27. The van der Waals surface area contributed by atoms with E-state index in [1.165, 1.54) is 38.5 Å². The molecule has 2 fully saturated rings. The molecule has 3 nitrogen and oxygen atoms in total. The monoisotopic (exact) mass is 282 g/mol. The molecule has 2 aliphatic carbocycles. The van der Waals surface area contributed by atoms with Gasteiger partial charge in [-0.15, -0.1) is 0 Å². The van der Waals surface area contributed by atoms with Crippen LogP contribution in [-0.4, -0.2) is 25.3 Å². The Labute approximate surface area is 124 Å². The lowest BCUT2D eigenvalue weighted by atomic mass is 9.84. The van der Waals surface area contributed by atoms with Gasteiger partial charge in [0.1, 0.15) is 0 Å². The van der Waals surface area contributed by atoms with Crippen molar-refractivity contribution in [2.75, 3.05) is 13.1 Å². The molecule has 118 valence electrons. The first-order valence-electron chi connectivity index (χ1n) is 8.71. The van der Waals surface area contributed by atoms with E-state index in [1.54, 1.807) is 0 Å². The minimum absolute atomic E-state index is 0.332. The number of hydrogen-bond donors (Lipinski definition) is 2. The molecule has 4 N–H and O–H groups in total. The highest BCUT2D eigenvalue weighted by atomic mass is 16.5. The summed E-state index contributed by atoms with van der Waals surface area (Å²) in [7, 11) is 0. The van der Waals surface area contributed by atoms with Crippen molar-refractivity contribution >= 4 is 0 Å². The van der Waals surface area contributed by atoms with Crippen molar-refractivity contribution in [3.8, 4) is 0 Å². The van der Waals surface area contributed by atoms with E-state index in [9.17, 15) is 0 Å². The van der Waals surface area contributed by atoms with E-state index < -0.39 is 0 Å². The van der Waals surface area contributed by atoms with Crippen LogP contribution in [0.2, 0.25) is 0 Å². The van der Waals surface area contributed by atoms with E-state index in [-0.39, 0.29) is 0 Å². The van der Waals surface area contributed by atoms with Gasteiger partial charge in [-0.1, -0.05) is 6.92 Å². The van der Waals surface area contributed by atoms with Crippen molar-refractivity contribution in [3.63, 3.8) is 0 Å². The molecule has 0 amide bonds. The quantitative estimate of drug-likeness (QED) is 0.719. The Kier molecular flexibility index (Phi) is 6.31. The zero-order valence-corrected chi connectivity index (χ0v) is 13.4. The van der Waals surface area contributed by atoms with E-state index in [0.717, 1.165) is 43.2 Å². The molecule has 2 rings (SSSR count). The van der Waals surface area contributed by atoms with Gasteiger partial charge in [-0.05, 0) is 88.6 Å². The Bertz CT molecular complexity index is 256. The van der Waals surface area contributed by atoms with Gasteiger partial charge >= 0.3 is 0 Å². The zero-order valence-electron chi connectivity index (χ0n) is 13.4. The Hall–Kier alpha value is -0.120. The Balaban J connectivity index is 1.81. The average Bonchev–Trinajstić information content (AvgIpc) is 2.95. The van der Waals surface area contributed by atoms with Crippen LogP contribution in [0.3, 0.4) is 0 Å². The van der Waals surface area contributed by atoms with E-state index in [4.69, 9.17) is 16.2 Å². The smallest absolute Gasteiger partial charge is 0.0609 e. The van der Waals surface area contributed by atoms with Gasteiger partial charge in [-0.3, -0.25) is 0 Å². The second-order valence-corrected chi connectivity index (χ2v) is 7.22. The van der Waals surface area contributed by atoms with E-state index >= 15 is 0 Å². The lowest BCUT2D eigenvalue weighted by Crippen LogP contribution is -2.26. The summed E-state index contributed by atoms with van der Waals surface area (Å²) in [6, 6.07) is 0. The highest BCUT2D eigenvalue weighted by molar-refractivity contribution is 4.95. The Morgan fingerprint density at radius 3 is 2.35 bits per heavy atom. The van der Waals surface area contributed by atoms with Crippen molar-refractivity contribution in [3.05, 3.63) is 0 Å². The topological polar surface area (TPSA) is 61.3 Å². The van der Waals surface area contributed by atoms with Crippen LogP contribution in [0.4, 0.5) is 0 Å². The van der Waals surface area contributed by atoms with Gasteiger partial charge < -0.3 is 16.2 Å². The van der Waals surface area contributed by atoms with E-state index in [1.807, 2.05) is 0 Å². The van der Waals surface area contributed by atoms with Crippen molar-refractivity contribution in [2.24, 2.45) is 35.1 Å². The van der Waals surface area contributed by atoms with Gasteiger partial charge in [0.25, 0.3) is 0 Å². The molecule has 2 aliphatic rings. The van der Waals surface area contributed by atoms with Crippen LogP contribution in [0.25, 0.3) is 0 Å². The molecule has 6 unspecified atom stereocenters. The van der Waals surface area contributed by atoms with Crippen LogP contribution in [0.15, 0.2) is 0 Å². The maximum absolute atomic E-state index is 6.27. The molecule has 0 bridgehead atoms. The third-order valence-corrected chi connectivity index (χ3v) is 5.63. The van der Waals surface area contributed by atoms with Crippen LogP contribution >= 0.6 is 0 Å². The van der Waals surface area contributed by atoms with Crippen molar-refractivity contribution < 1.29 is 4.74 Å². The van der Waals surface area contributed by atoms with Gasteiger partial charge in [0.05, 0.1) is 12.2 Å². The predicted octanol–water partition coefficient (Wildman–Crippen LogP) is 2.92. The van der Waals surface area contributed by atoms with Gasteiger partial charge in [0, 0.05) is 0 Å². The number of nitrogens with two attached hydrogens (primary N) is 2. The molecule has 0 spiro atoms. The molecular formula is C17H34N2O. The molecular weight excluding hydrogens is 248 g/mol. The first-order chi connectivity index (χ1) is 9.65. The summed E-state index contributed by atoms with van der Waals surface area (Å²) in [6.45, 7) is 6.12. The van der Waals surface area contributed by atoms with Crippen LogP contribution in [0, 0.1) is 23.7 Å². The van der Waals surface area contributed by atoms with Gasteiger partial charge in [0.15, 0.2) is 0 Å². The van der Waals surface area contributed by atoms with Crippen LogP contribution in [0.5, 0.6) is 0 Å². The van der Waals surface area contributed by atoms with E-state index in [0.29, 0.717) is 12.2 Å². The molecule has 0 saturated heterocycles. The number of fused-ring (bicyclic) bond motifs is 1. The van der Waals surface area contributed by atoms with Crippen molar-refractivity contribution in [1.82, 2.24) is 0 Å². The minimum Gasteiger partial charge on any atom is -0.375 e. The lowest BCUT2D eigenvalue weighted by molar-refractivity contribution is -0.0275. The molecule has 0 radical (unpaired) electrons. The molecule has 2 saturated carbocycles. The third kappa shape index (κ3) is 3.96. The average molecular weight is 282 g/mol. The zero-order chi connectivity index (χ0) is 14.5. The minimum atomic E-state index is 0.332. The predicted molar refractivity (Wildman–Crippen MR) is 84.4 cm³/mol. The van der Waals surface area contributed by atoms with Gasteiger partial charge in [0.2, 0.25) is 0 Å². The highest BCUT2D eigenvalue weighted by Gasteiger charge is 2.45. The summed E-state index contributed by atoms with van der Waals surface area (Å²) in [5.41, 5.74) is 11.3. The maximum atomic E-state index is 6.27. The second-order valence-electron chi connectivity index (χ2n) is 7.22. The summed E-state index contributed by atoms with van der Waals surface area (Å²) in [6.07, 6.45) is 9.84. The van der Waals surface area contributed by atoms with Gasteiger partial charge in [-0.25, -0.2) is 0 Å². The molecule has 0 aromatic rings. The van der Waals surface area contributed by atoms with Crippen LogP contribution in [-0.2, 0) is 4.74 Å². The van der Waals surface area contributed by atoms with Crippen LogP contribution in [0.1, 0.15) is 58.8 Å². The maximum Gasteiger partial charge on any atom is 0.0609 e.